The van der Waals surface area contributed by atoms with Crippen LogP contribution >= 0.6 is 11.6 Å². The highest BCUT2D eigenvalue weighted by molar-refractivity contribution is 6.17. The summed E-state index contributed by atoms with van der Waals surface area (Å²) in [6.45, 7) is 1.66. The smallest absolute Gasteiger partial charge is 0.164 e. The Bertz CT molecular complexity index is 1510. The molecule has 4 heteroatoms. The number of fused-ring (bicyclic) bond motifs is 1. The van der Waals surface area contributed by atoms with Gasteiger partial charge in [0.05, 0.1) is 7.11 Å². The summed E-state index contributed by atoms with van der Waals surface area (Å²) in [5, 5.41) is 3.55. The van der Waals surface area contributed by atoms with Crippen molar-refractivity contribution in [3.05, 3.63) is 144 Å². The molecular weight excluding hydrogens is 526 g/mol. The fraction of sp³-hybridized carbons (Fsp3) is 0.189. The first-order valence-corrected chi connectivity index (χ1v) is 14.6. The zero-order chi connectivity index (χ0) is 28.3. The van der Waals surface area contributed by atoms with E-state index in [4.69, 9.17) is 21.1 Å². The Labute approximate surface area is 248 Å². The lowest BCUT2D eigenvalue weighted by molar-refractivity contribution is 0.163. The molecule has 0 saturated carbocycles. The molecule has 41 heavy (non-hydrogen) atoms. The van der Waals surface area contributed by atoms with Gasteiger partial charge in [-0.25, -0.2) is 0 Å². The first-order chi connectivity index (χ1) is 20.2. The minimum atomic E-state index is 0.172. The molecule has 6 rings (SSSR count). The minimum absolute atomic E-state index is 0.172. The molecule has 0 radical (unpaired) electrons. The van der Waals surface area contributed by atoms with Gasteiger partial charge in [-0.2, -0.15) is 0 Å². The number of hydrogen-bond donors (Lipinski definition) is 1. The van der Waals surface area contributed by atoms with E-state index in [9.17, 15) is 0 Å². The van der Waals surface area contributed by atoms with Crippen LogP contribution < -0.4 is 14.8 Å². The normalized spacial score (nSPS) is 13.8. The minimum Gasteiger partial charge on any atom is -0.493 e. The number of methoxy groups -OCH3 is 1. The SMILES string of the molecule is COc1cccc2c1OC(CNCc1cccc(-c3ccccc3)c1)CC2.ClCc1cccc(-c2ccccc2)c1. The third-order valence-electron chi connectivity index (χ3n) is 7.22. The van der Waals surface area contributed by atoms with Crippen molar-refractivity contribution in [1.82, 2.24) is 5.32 Å². The fourth-order valence-electron chi connectivity index (χ4n) is 5.07. The zero-order valence-corrected chi connectivity index (χ0v) is 24.2. The maximum Gasteiger partial charge on any atom is 0.164 e. The van der Waals surface area contributed by atoms with E-state index in [1.807, 2.05) is 48.5 Å². The molecule has 0 spiro atoms. The third-order valence-corrected chi connectivity index (χ3v) is 7.53. The molecule has 3 nitrogen and oxygen atoms in total. The van der Waals surface area contributed by atoms with Gasteiger partial charge in [-0.3, -0.25) is 0 Å². The van der Waals surface area contributed by atoms with Crippen LogP contribution in [0.4, 0.5) is 0 Å². The number of rotatable bonds is 8. The summed E-state index contributed by atoms with van der Waals surface area (Å²) < 4.78 is 11.6. The number of para-hydroxylation sites is 1. The van der Waals surface area contributed by atoms with E-state index >= 15 is 0 Å². The average molecular weight is 562 g/mol. The molecule has 5 aromatic carbocycles. The molecular formula is C37H36ClNO2. The van der Waals surface area contributed by atoms with E-state index in [2.05, 4.69) is 84.2 Å². The van der Waals surface area contributed by atoms with Crippen LogP contribution in [0.2, 0.25) is 0 Å². The van der Waals surface area contributed by atoms with Gasteiger partial charge in [0.15, 0.2) is 11.5 Å². The highest BCUT2D eigenvalue weighted by Crippen LogP contribution is 2.36. The second-order valence-corrected chi connectivity index (χ2v) is 10.4. The van der Waals surface area contributed by atoms with Crippen LogP contribution in [-0.4, -0.2) is 19.8 Å². The summed E-state index contributed by atoms with van der Waals surface area (Å²) >= 11 is 5.79. The number of alkyl halides is 1. The maximum atomic E-state index is 6.20. The number of halogens is 1. The van der Waals surface area contributed by atoms with Gasteiger partial charge in [-0.15, -0.1) is 11.6 Å². The predicted octanol–water partition coefficient (Wildman–Crippen LogP) is 8.94. The average Bonchev–Trinajstić information content (AvgIpc) is 3.06. The molecule has 0 aliphatic carbocycles. The van der Waals surface area contributed by atoms with Gasteiger partial charge in [-0.05, 0) is 70.0 Å². The molecule has 1 aliphatic heterocycles. The van der Waals surface area contributed by atoms with Crippen molar-refractivity contribution in [2.24, 2.45) is 0 Å². The van der Waals surface area contributed by atoms with E-state index in [1.165, 1.54) is 33.4 Å². The van der Waals surface area contributed by atoms with Crippen LogP contribution in [0.5, 0.6) is 11.5 Å². The molecule has 1 N–H and O–H groups in total. The van der Waals surface area contributed by atoms with E-state index in [-0.39, 0.29) is 6.10 Å². The number of hydrogen-bond acceptors (Lipinski definition) is 3. The fourth-order valence-corrected chi connectivity index (χ4v) is 5.24. The summed E-state index contributed by atoms with van der Waals surface area (Å²) in [5.41, 5.74) is 8.64. The summed E-state index contributed by atoms with van der Waals surface area (Å²) in [7, 11) is 1.70. The Kier molecular flexibility index (Phi) is 10.1. The Morgan fingerprint density at radius 1 is 0.707 bits per heavy atom. The molecule has 0 amide bonds. The quantitative estimate of drug-likeness (QED) is 0.192. The first-order valence-electron chi connectivity index (χ1n) is 14.1. The van der Waals surface area contributed by atoms with Crippen molar-refractivity contribution < 1.29 is 9.47 Å². The molecule has 1 atom stereocenters. The molecule has 5 aromatic rings. The Morgan fingerprint density at radius 3 is 1.93 bits per heavy atom. The number of aryl methyl sites for hydroxylation is 1. The summed E-state index contributed by atoms with van der Waals surface area (Å²) in [4.78, 5) is 0. The third kappa shape index (κ3) is 7.79. The van der Waals surface area contributed by atoms with Crippen molar-refractivity contribution in [2.45, 2.75) is 31.4 Å². The number of benzene rings is 5. The molecule has 0 bridgehead atoms. The van der Waals surface area contributed by atoms with Crippen molar-refractivity contribution in [2.75, 3.05) is 13.7 Å². The van der Waals surface area contributed by atoms with E-state index in [1.54, 1.807) is 7.11 Å². The lowest BCUT2D eigenvalue weighted by Crippen LogP contribution is -2.34. The van der Waals surface area contributed by atoms with Crippen molar-refractivity contribution in [3.63, 3.8) is 0 Å². The molecule has 208 valence electrons. The monoisotopic (exact) mass is 561 g/mol. The molecule has 0 saturated heterocycles. The number of ether oxygens (including phenoxy) is 2. The van der Waals surface area contributed by atoms with Gasteiger partial charge in [0.25, 0.3) is 0 Å². The van der Waals surface area contributed by atoms with Gasteiger partial charge < -0.3 is 14.8 Å². The van der Waals surface area contributed by atoms with Crippen molar-refractivity contribution in [3.8, 4) is 33.8 Å². The van der Waals surface area contributed by atoms with Gasteiger partial charge >= 0.3 is 0 Å². The summed E-state index contributed by atoms with van der Waals surface area (Å²) in [6.07, 6.45) is 2.23. The Morgan fingerprint density at radius 2 is 1.29 bits per heavy atom. The molecule has 0 aromatic heterocycles. The van der Waals surface area contributed by atoms with Crippen LogP contribution in [0.3, 0.4) is 0 Å². The van der Waals surface area contributed by atoms with Gasteiger partial charge in [0, 0.05) is 19.0 Å². The van der Waals surface area contributed by atoms with Crippen molar-refractivity contribution in [1.29, 1.82) is 0 Å². The summed E-state index contributed by atoms with van der Waals surface area (Å²) in [6, 6.07) is 43.9. The second-order valence-electron chi connectivity index (χ2n) is 10.1. The van der Waals surface area contributed by atoms with E-state index in [0.29, 0.717) is 5.88 Å². The van der Waals surface area contributed by atoms with Gasteiger partial charge in [0.1, 0.15) is 6.10 Å². The van der Waals surface area contributed by atoms with Crippen LogP contribution in [0.25, 0.3) is 22.3 Å². The molecule has 1 heterocycles. The Hall–Kier alpha value is -4.05. The lowest BCUT2D eigenvalue weighted by atomic mass is 10.0. The number of nitrogens with one attached hydrogen (secondary N) is 1. The molecule has 1 unspecified atom stereocenters. The van der Waals surface area contributed by atoms with Gasteiger partial charge in [-0.1, -0.05) is 109 Å². The van der Waals surface area contributed by atoms with Crippen LogP contribution in [0.1, 0.15) is 23.1 Å². The highest BCUT2D eigenvalue weighted by Gasteiger charge is 2.22. The van der Waals surface area contributed by atoms with E-state index < -0.39 is 0 Å². The van der Waals surface area contributed by atoms with Gasteiger partial charge in [0.2, 0.25) is 0 Å². The maximum absolute atomic E-state index is 6.20. The topological polar surface area (TPSA) is 30.5 Å². The largest absolute Gasteiger partial charge is 0.493 e. The standard InChI is InChI=1S/C24H25NO2.C13H11Cl/c1-26-23-12-6-10-20-13-14-22(27-24(20)23)17-25-16-18-7-5-11-21(15-18)19-8-3-2-4-9-19;14-10-11-5-4-8-13(9-11)12-6-2-1-3-7-12/h2-12,15,22,25H,13-14,16-17H2,1H3;1-9H,10H2. The van der Waals surface area contributed by atoms with Crippen molar-refractivity contribution >= 4 is 11.6 Å². The zero-order valence-electron chi connectivity index (χ0n) is 23.4. The Balaban J connectivity index is 0.000000202. The highest BCUT2D eigenvalue weighted by atomic mass is 35.5. The molecule has 1 aliphatic rings. The van der Waals surface area contributed by atoms with Crippen LogP contribution in [0, 0.1) is 0 Å². The van der Waals surface area contributed by atoms with Crippen LogP contribution in [0.15, 0.2) is 127 Å². The molecule has 0 fully saturated rings. The summed E-state index contributed by atoms with van der Waals surface area (Å²) in [5.74, 6) is 2.30. The van der Waals surface area contributed by atoms with E-state index in [0.717, 1.165) is 43.0 Å². The van der Waals surface area contributed by atoms with Crippen LogP contribution in [-0.2, 0) is 18.8 Å². The predicted molar refractivity (Wildman–Crippen MR) is 171 cm³/mol. The first kappa shape index (κ1) is 28.5. The lowest BCUT2D eigenvalue weighted by Gasteiger charge is -2.27. The second kappa shape index (κ2) is 14.5.